The van der Waals surface area contributed by atoms with Gasteiger partial charge < -0.3 is 10.1 Å². The van der Waals surface area contributed by atoms with Crippen molar-refractivity contribution in [1.82, 2.24) is 14.8 Å². The van der Waals surface area contributed by atoms with Gasteiger partial charge in [-0.3, -0.25) is 4.79 Å². The molecule has 2 aromatic carbocycles. The molecule has 0 saturated heterocycles. The molecule has 1 amide bonds. The molecule has 0 fully saturated rings. The minimum Gasteiger partial charge on any atom is -0.493 e. The number of carbonyl (C=O) groups is 1. The van der Waals surface area contributed by atoms with Crippen molar-refractivity contribution in [2.24, 2.45) is 0 Å². The third kappa shape index (κ3) is 4.40. The zero-order valence-electron chi connectivity index (χ0n) is 14.4. The van der Waals surface area contributed by atoms with Gasteiger partial charge in [-0.15, -0.1) is 0 Å². The van der Waals surface area contributed by atoms with E-state index in [4.69, 9.17) is 16.3 Å². The minimum atomic E-state index is -0.109. The number of carbonyl (C=O) groups excluding carboxylic acids is 1. The van der Waals surface area contributed by atoms with Crippen molar-refractivity contribution in [3.63, 3.8) is 0 Å². The molecule has 0 unspecified atom stereocenters. The number of rotatable bonds is 7. The SMILES string of the molecule is Cc1ccccc1OCCCC(=O)Nc1cccc(Cl)c1-n1cncn1. The fourth-order valence-electron chi connectivity index (χ4n) is 2.52. The Balaban J connectivity index is 1.56. The van der Waals surface area contributed by atoms with E-state index in [1.54, 1.807) is 18.2 Å². The lowest BCUT2D eigenvalue weighted by atomic mass is 10.2. The second kappa shape index (κ2) is 8.49. The van der Waals surface area contributed by atoms with Gasteiger partial charge >= 0.3 is 0 Å². The molecule has 3 rings (SSSR count). The molecule has 0 radical (unpaired) electrons. The Morgan fingerprint density at radius 1 is 1.23 bits per heavy atom. The van der Waals surface area contributed by atoms with Crippen LogP contribution in [0, 0.1) is 6.92 Å². The summed E-state index contributed by atoms with van der Waals surface area (Å²) in [7, 11) is 0. The summed E-state index contributed by atoms with van der Waals surface area (Å²) in [5.74, 6) is 0.734. The highest BCUT2D eigenvalue weighted by Gasteiger charge is 2.12. The van der Waals surface area contributed by atoms with Gasteiger partial charge in [0.1, 0.15) is 24.1 Å². The van der Waals surface area contributed by atoms with Crippen LogP contribution in [0.15, 0.2) is 55.1 Å². The average Bonchev–Trinajstić information content (AvgIpc) is 3.14. The highest BCUT2D eigenvalue weighted by molar-refractivity contribution is 6.33. The second-order valence-electron chi connectivity index (χ2n) is 5.74. The van der Waals surface area contributed by atoms with E-state index < -0.39 is 0 Å². The molecule has 0 bridgehead atoms. The Morgan fingerprint density at radius 3 is 2.85 bits per heavy atom. The number of anilines is 1. The number of amides is 1. The first-order chi connectivity index (χ1) is 12.6. The van der Waals surface area contributed by atoms with Crippen molar-refractivity contribution in [1.29, 1.82) is 0 Å². The summed E-state index contributed by atoms with van der Waals surface area (Å²) in [6, 6.07) is 13.1. The highest BCUT2D eigenvalue weighted by atomic mass is 35.5. The number of hydrogen-bond acceptors (Lipinski definition) is 4. The van der Waals surface area contributed by atoms with Gasteiger partial charge in [0.25, 0.3) is 0 Å². The van der Waals surface area contributed by atoms with Crippen LogP contribution < -0.4 is 10.1 Å². The third-order valence-electron chi connectivity index (χ3n) is 3.81. The van der Waals surface area contributed by atoms with E-state index in [0.717, 1.165) is 11.3 Å². The van der Waals surface area contributed by atoms with Crippen LogP contribution in [0.1, 0.15) is 18.4 Å². The van der Waals surface area contributed by atoms with Crippen molar-refractivity contribution in [3.05, 3.63) is 65.7 Å². The van der Waals surface area contributed by atoms with Crippen molar-refractivity contribution >= 4 is 23.2 Å². The van der Waals surface area contributed by atoms with E-state index in [9.17, 15) is 4.79 Å². The summed E-state index contributed by atoms with van der Waals surface area (Å²) in [6.07, 6.45) is 3.90. The topological polar surface area (TPSA) is 69.0 Å². The maximum atomic E-state index is 12.3. The number of aryl methyl sites for hydroxylation is 1. The van der Waals surface area contributed by atoms with Gasteiger partial charge in [-0.2, -0.15) is 5.10 Å². The van der Waals surface area contributed by atoms with Crippen LogP contribution in [0.3, 0.4) is 0 Å². The molecule has 0 saturated carbocycles. The highest BCUT2D eigenvalue weighted by Crippen LogP contribution is 2.27. The molecule has 0 atom stereocenters. The summed E-state index contributed by atoms with van der Waals surface area (Å²) in [5.41, 5.74) is 2.26. The quantitative estimate of drug-likeness (QED) is 0.637. The van der Waals surface area contributed by atoms with Crippen LogP contribution in [0.5, 0.6) is 5.75 Å². The van der Waals surface area contributed by atoms with E-state index in [2.05, 4.69) is 15.4 Å². The predicted molar refractivity (Wildman–Crippen MR) is 101 cm³/mol. The molecule has 0 aliphatic carbocycles. The van der Waals surface area contributed by atoms with E-state index in [-0.39, 0.29) is 5.91 Å². The number of aromatic nitrogens is 3. The number of hydrogen-bond donors (Lipinski definition) is 1. The Labute approximate surface area is 156 Å². The lowest BCUT2D eigenvalue weighted by Crippen LogP contribution is -2.15. The van der Waals surface area contributed by atoms with Crippen LogP contribution >= 0.6 is 11.6 Å². The van der Waals surface area contributed by atoms with Crippen molar-refractivity contribution < 1.29 is 9.53 Å². The molecule has 134 valence electrons. The molecule has 0 aliphatic heterocycles. The normalized spacial score (nSPS) is 10.5. The number of halogens is 1. The van der Waals surface area contributed by atoms with Crippen molar-refractivity contribution in [3.8, 4) is 11.4 Å². The van der Waals surface area contributed by atoms with Crippen molar-refractivity contribution in [2.75, 3.05) is 11.9 Å². The van der Waals surface area contributed by atoms with E-state index in [0.29, 0.717) is 35.8 Å². The summed E-state index contributed by atoms with van der Waals surface area (Å²) in [5, 5.41) is 7.45. The summed E-state index contributed by atoms with van der Waals surface area (Å²) in [4.78, 5) is 16.2. The number of ether oxygens (including phenoxy) is 1. The maximum absolute atomic E-state index is 12.3. The lowest BCUT2D eigenvalue weighted by molar-refractivity contribution is -0.116. The molecule has 0 aliphatic rings. The van der Waals surface area contributed by atoms with Gasteiger partial charge in [0.15, 0.2) is 0 Å². The van der Waals surface area contributed by atoms with Crippen LogP contribution in [0.4, 0.5) is 5.69 Å². The zero-order valence-corrected chi connectivity index (χ0v) is 15.1. The Kier molecular flexibility index (Phi) is 5.86. The first kappa shape index (κ1) is 17.9. The fourth-order valence-corrected chi connectivity index (χ4v) is 2.78. The first-order valence-electron chi connectivity index (χ1n) is 8.27. The summed E-state index contributed by atoms with van der Waals surface area (Å²) >= 11 is 6.25. The smallest absolute Gasteiger partial charge is 0.224 e. The fraction of sp³-hybridized carbons (Fsp3) is 0.211. The molecule has 1 heterocycles. The second-order valence-corrected chi connectivity index (χ2v) is 6.15. The number of benzene rings is 2. The number of nitrogens with zero attached hydrogens (tertiary/aromatic N) is 3. The molecule has 3 aromatic rings. The van der Waals surface area contributed by atoms with E-state index in [1.165, 1.54) is 17.3 Å². The predicted octanol–water partition coefficient (Wildman–Crippen LogP) is 4.03. The largest absolute Gasteiger partial charge is 0.493 e. The molecule has 0 spiro atoms. The van der Waals surface area contributed by atoms with Gasteiger partial charge in [-0.25, -0.2) is 9.67 Å². The third-order valence-corrected chi connectivity index (χ3v) is 4.11. The van der Waals surface area contributed by atoms with Crippen LogP contribution in [0.2, 0.25) is 5.02 Å². The van der Waals surface area contributed by atoms with Crippen LogP contribution in [-0.4, -0.2) is 27.3 Å². The number of para-hydroxylation sites is 2. The Bertz CT molecular complexity index is 881. The van der Waals surface area contributed by atoms with Crippen LogP contribution in [0.25, 0.3) is 5.69 Å². The molecule has 26 heavy (non-hydrogen) atoms. The van der Waals surface area contributed by atoms with Gasteiger partial charge in [0, 0.05) is 6.42 Å². The molecule has 6 nitrogen and oxygen atoms in total. The maximum Gasteiger partial charge on any atom is 0.224 e. The van der Waals surface area contributed by atoms with Crippen LogP contribution in [-0.2, 0) is 4.79 Å². The standard InChI is InChI=1S/C19H19ClN4O2/c1-14-6-2-3-9-17(14)26-11-5-10-18(25)23-16-8-4-7-15(20)19(16)24-13-21-12-22-24/h2-4,6-9,12-13H,5,10-11H2,1H3,(H,23,25). The van der Waals surface area contributed by atoms with E-state index in [1.807, 2.05) is 31.2 Å². The zero-order chi connectivity index (χ0) is 18.4. The molecule has 7 heteroatoms. The van der Waals surface area contributed by atoms with Gasteiger partial charge in [0.05, 0.1) is 17.3 Å². The summed E-state index contributed by atoms with van der Waals surface area (Å²) < 4.78 is 7.24. The molecule has 1 aromatic heterocycles. The lowest BCUT2D eigenvalue weighted by Gasteiger charge is -2.12. The Hall–Kier alpha value is -2.86. The number of nitrogens with one attached hydrogen (secondary N) is 1. The molecular formula is C19H19ClN4O2. The monoisotopic (exact) mass is 370 g/mol. The summed E-state index contributed by atoms with van der Waals surface area (Å²) in [6.45, 7) is 2.47. The van der Waals surface area contributed by atoms with Gasteiger partial charge in [0.2, 0.25) is 5.91 Å². The minimum absolute atomic E-state index is 0.109. The van der Waals surface area contributed by atoms with E-state index >= 15 is 0 Å². The average molecular weight is 371 g/mol. The molecular weight excluding hydrogens is 352 g/mol. The molecule has 1 N–H and O–H groups in total. The first-order valence-corrected chi connectivity index (χ1v) is 8.65. The van der Waals surface area contributed by atoms with Crippen molar-refractivity contribution in [2.45, 2.75) is 19.8 Å². The van der Waals surface area contributed by atoms with Gasteiger partial charge in [-0.05, 0) is 37.1 Å². The van der Waals surface area contributed by atoms with Gasteiger partial charge in [-0.1, -0.05) is 35.9 Å². The Morgan fingerprint density at radius 2 is 2.08 bits per heavy atom.